The third kappa shape index (κ3) is 4.87. The molecule has 0 unspecified atom stereocenters. The normalized spacial score (nSPS) is 18.9. The van der Waals surface area contributed by atoms with Gasteiger partial charge in [-0.2, -0.15) is 11.8 Å². The van der Waals surface area contributed by atoms with Gasteiger partial charge in [0.25, 0.3) is 5.56 Å². The van der Waals surface area contributed by atoms with Crippen LogP contribution in [0.4, 0.5) is 10.5 Å². The lowest BCUT2D eigenvalue weighted by atomic mass is 9.83. The molecule has 9 heteroatoms. The van der Waals surface area contributed by atoms with Crippen LogP contribution in [0, 0.1) is 5.92 Å². The van der Waals surface area contributed by atoms with Gasteiger partial charge < -0.3 is 24.7 Å². The zero-order valence-corrected chi connectivity index (χ0v) is 23.7. The minimum Gasteiger partial charge on any atom is -0.341 e. The molecule has 3 amide bonds. The number of pyridine rings is 1. The molecule has 2 N–H and O–H groups in total. The number of para-hydroxylation sites is 1. The fourth-order valence-corrected chi connectivity index (χ4v) is 6.98. The van der Waals surface area contributed by atoms with Crippen LogP contribution in [0.5, 0.6) is 0 Å². The van der Waals surface area contributed by atoms with Gasteiger partial charge in [-0.25, -0.2) is 4.79 Å². The Morgan fingerprint density at radius 2 is 1.82 bits per heavy atom. The van der Waals surface area contributed by atoms with Gasteiger partial charge in [-0.15, -0.1) is 0 Å². The second-order valence-corrected chi connectivity index (χ2v) is 11.9. The third-order valence-corrected chi connectivity index (χ3v) is 8.99. The Balaban J connectivity index is 1.19. The second kappa shape index (κ2) is 11.0. The highest BCUT2D eigenvalue weighted by Crippen LogP contribution is 2.35. The number of likely N-dealkylation sites (tertiary alicyclic amines) is 1. The van der Waals surface area contributed by atoms with Crippen molar-refractivity contribution in [3.05, 3.63) is 76.7 Å². The van der Waals surface area contributed by atoms with E-state index in [0.29, 0.717) is 26.1 Å². The summed E-state index contributed by atoms with van der Waals surface area (Å²) in [4.78, 5) is 41.1. The molecular formula is C31H35N5O3S. The van der Waals surface area contributed by atoms with E-state index in [4.69, 9.17) is 0 Å². The number of carbonyl (C=O) groups is 2. The lowest BCUT2D eigenvalue weighted by molar-refractivity contribution is -0.118. The van der Waals surface area contributed by atoms with Crippen LogP contribution >= 0.6 is 11.8 Å². The summed E-state index contributed by atoms with van der Waals surface area (Å²) in [5.41, 5.74) is 4.05. The fourth-order valence-electron chi connectivity index (χ4n) is 6.51. The number of nitrogens with one attached hydrogen (secondary N) is 2. The summed E-state index contributed by atoms with van der Waals surface area (Å²) in [6, 6.07) is 18.9. The predicted octanol–water partition coefficient (Wildman–Crippen LogP) is 4.87. The van der Waals surface area contributed by atoms with Crippen LogP contribution in [0.3, 0.4) is 0 Å². The van der Waals surface area contributed by atoms with E-state index in [2.05, 4.69) is 40.3 Å². The Morgan fingerprint density at radius 3 is 2.65 bits per heavy atom. The summed E-state index contributed by atoms with van der Waals surface area (Å²) in [5.74, 6) is 0.897. The minimum absolute atomic E-state index is 0.0244. The molecular weight excluding hydrogens is 522 g/mol. The number of benzene rings is 2. The van der Waals surface area contributed by atoms with Crippen molar-refractivity contribution < 1.29 is 9.59 Å². The van der Waals surface area contributed by atoms with Gasteiger partial charge in [0, 0.05) is 71.4 Å². The van der Waals surface area contributed by atoms with Gasteiger partial charge in [0.1, 0.15) is 6.04 Å². The first-order valence-corrected chi connectivity index (χ1v) is 15.4. The summed E-state index contributed by atoms with van der Waals surface area (Å²) in [7, 11) is 0. The molecule has 0 spiro atoms. The number of anilines is 1. The Labute approximate surface area is 237 Å². The van der Waals surface area contributed by atoms with E-state index < -0.39 is 6.04 Å². The monoisotopic (exact) mass is 557 g/mol. The van der Waals surface area contributed by atoms with E-state index in [-0.39, 0.29) is 29.3 Å². The number of hydrogen-bond acceptors (Lipinski definition) is 4. The molecule has 0 radical (unpaired) electrons. The lowest BCUT2D eigenvalue weighted by Crippen LogP contribution is -2.55. The molecule has 0 saturated carbocycles. The number of hydrogen-bond donors (Lipinski definition) is 2. The first kappa shape index (κ1) is 26.5. The number of carbonyl (C=O) groups excluding carboxylic acids is 2. The topological polar surface area (TPSA) is 88.4 Å². The van der Waals surface area contributed by atoms with E-state index in [1.807, 2.05) is 46.1 Å². The van der Waals surface area contributed by atoms with Gasteiger partial charge in [0.15, 0.2) is 0 Å². The van der Waals surface area contributed by atoms with Crippen LogP contribution in [0.1, 0.15) is 31.4 Å². The van der Waals surface area contributed by atoms with E-state index in [1.165, 1.54) is 5.52 Å². The maximum absolute atomic E-state index is 13.5. The fraction of sp³-hybridized carbons (Fsp3) is 0.387. The molecule has 2 aliphatic rings. The Morgan fingerprint density at radius 1 is 1.00 bits per heavy atom. The molecule has 40 heavy (non-hydrogen) atoms. The molecule has 6 rings (SSSR count). The van der Waals surface area contributed by atoms with E-state index >= 15 is 0 Å². The standard InChI is InChI=1S/C31H35N5O3S/c1-3-35-27-8-5-4-7-23(27)24-16-22(11-12-28(24)35)32-30(38)25(13-14-40-2)33-31(39)34-17-20-15-21(19-34)26-9-6-10-29(37)36(26)18-20/h4-12,16,20-21,25H,3,13-15,17-19H2,1-2H3,(H,32,38)(H,33,39)/t20-,21-,25-/m0/s1. The largest absolute Gasteiger partial charge is 0.341 e. The van der Waals surface area contributed by atoms with Gasteiger partial charge in [0.05, 0.1) is 0 Å². The van der Waals surface area contributed by atoms with Crippen molar-refractivity contribution >= 4 is 51.2 Å². The summed E-state index contributed by atoms with van der Waals surface area (Å²) >= 11 is 1.65. The number of aromatic nitrogens is 2. The van der Waals surface area contributed by atoms with Crippen LogP contribution in [-0.4, -0.2) is 57.1 Å². The number of rotatable bonds is 7. The lowest BCUT2D eigenvalue weighted by Gasteiger charge is -2.43. The van der Waals surface area contributed by atoms with E-state index in [1.54, 1.807) is 23.9 Å². The van der Waals surface area contributed by atoms with Crippen molar-refractivity contribution in [2.24, 2.45) is 5.92 Å². The summed E-state index contributed by atoms with van der Waals surface area (Å²) in [6.07, 6.45) is 3.51. The Bertz CT molecular complexity index is 1640. The molecule has 1 fully saturated rings. The molecule has 2 aliphatic heterocycles. The zero-order valence-electron chi connectivity index (χ0n) is 22.9. The Hall–Kier alpha value is -3.72. The van der Waals surface area contributed by atoms with Crippen molar-refractivity contribution in [3.8, 4) is 0 Å². The van der Waals surface area contributed by atoms with E-state index in [9.17, 15) is 14.4 Å². The van der Waals surface area contributed by atoms with Crippen LogP contribution in [0.2, 0.25) is 0 Å². The van der Waals surface area contributed by atoms with Crippen molar-refractivity contribution in [2.45, 2.75) is 44.8 Å². The van der Waals surface area contributed by atoms with Crippen LogP contribution in [0.25, 0.3) is 21.8 Å². The van der Waals surface area contributed by atoms with Crippen molar-refractivity contribution in [1.29, 1.82) is 0 Å². The molecule has 3 atom stereocenters. The average molecular weight is 558 g/mol. The summed E-state index contributed by atoms with van der Waals surface area (Å²) in [6.45, 7) is 4.75. The maximum Gasteiger partial charge on any atom is 0.318 e. The number of piperidine rings is 1. The summed E-state index contributed by atoms with van der Waals surface area (Å²) in [5, 5.41) is 8.36. The first-order chi connectivity index (χ1) is 19.5. The average Bonchev–Trinajstić information content (AvgIpc) is 3.28. The molecule has 2 aromatic heterocycles. The molecule has 0 aliphatic carbocycles. The molecule has 2 aromatic carbocycles. The number of amides is 3. The van der Waals surface area contributed by atoms with Crippen molar-refractivity contribution in [3.63, 3.8) is 0 Å². The number of nitrogens with zero attached hydrogens (tertiary/aromatic N) is 3. The van der Waals surface area contributed by atoms with Crippen molar-refractivity contribution in [2.75, 3.05) is 30.4 Å². The van der Waals surface area contributed by atoms with Gasteiger partial charge in [-0.1, -0.05) is 24.3 Å². The number of thioether (sulfide) groups is 1. The maximum atomic E-state index is 13.5. The highest BCUT2D eigenvalue weighted by molar-refractivity contribution is 7.98. The molecule has 208 valence electrons. The number of urea groups is 1. The summed E-state index contributed by atoms with van der Waals surface area (Å²) < 4.78 is 4.14. The SMILES string of the molecule is CCn1c2ccccc2c2cc(NC(=O)[C@H](CCSC)NC(=O)N3C[C@@H]4C[C@@H](C3)c3cccc(=O)n3C4)ccc21. The van der Waals surface area contributed by atoms with Crippen molar-refractivity contribution in [1.82, 2.24) is 19.4 Å². The third-order valence-electron chi connectivity index (χ3n) is 8.35. The minimum atomic E-state index is -0.649. The van der Waals surface area contributed by atoms with Crippen LogP contribution in [0.15, 0.2) is 65.5 Å². The van der Waals surface area contributed by atoms with Gasteiger partial charge >= 0.3 is 6.03 Å². The van der Waals surface area contributed by atoms with Crippen LogP contribution < -0.4 is 16.2 Å². The smallest absolute Gasteiger partial charge is 0.318 e. The van der Waals surface area contributed by atoms with E-state index in [0.717, 1.165) is 46.4 Å². The Kier molecular flexibility index (Phi) is 7.31. The quantitative estimate of drug-likeness (QED) is 0.340. The number of aryl methyl sites for hydroxylation is 1. The van der Waals surface area contributed by atoms with Gasteiger partial charge in [0.2, 0.25) is 5.91 Å². The zero-order chi connectivity index (χ0) is 27.8. The first-order valence-electron chi connectivity index (χ1n) is 14.0. The predicted molar refractivity (Wildman–Crippen MR) is 162 cm³/mol. The second-order valence-electron chi connectivity index (χ2n) is 10.9. The molecule has 2 bridgehead atoms. The molecule has 1 saturated heterocycles. The molecule has 4 aromatic rings. The van der Waals surface area contributed by atoms with Gasteiger partial charge in [-0.3, -0.25) is 9.59 Å². The van der Waals surface area contributed by atoms with Crippen LogP contribution in [-0.2, 0) is 17.9 Å². The molecule has 4 heterocycles. The highest BCUT2D eigenvalue weighted by atomic mass is 32.2. The number of fused-ring (bicyclic) bond motifs is 7. The molecule has 8 nitrogen and oxygen atoms in total. The van der Waals surface area contributed by atoms with Gasteiger partial charge in [-0.05, 0) is 68.0 Å². The highest BCUT2D eigenvalue weighted by Gasteiger charge is 2.37.